The summed E-state index contributed by atoms with van der Waals surface area (Å²) in [5.41, 5.74) is -9.83. The van der Waals surface area contributed by atoms with Crippen LogP contribution in [0.25, 0.3) is 0 Å². The lowest BCUT2D eigenvalue weighted by atomic mass is 9.74. The number of aromatic carboxylic acids is 1. The quantitative estimate of drug-likeness (QED) is 0.566. The normalized spacial score (nSPS) is 14.8. The van der Waals surface area contributed by atoms with Gasteiger partial charge < -0.3 is 5.11 Å². The van der Waals surface area contributed by atoms with Gasteiger partial charge in [-0.15, -0.1) is 0 Å². The Kier molecular flexibility index (Phi) is 5.93. The smallest absolute Gasteiger partial charge is 0.418 e. The first kappa shape index (κ1) is 24.8. The number of rotatable bonds is 5. The van der Waals surface area contributed by atoms with Gasteiger partial charge in [-0.1, -0.05) is 12.1 Å². The fraction of sp³-hybridized carbons (Fsp3) is 0.500. The van der Waals surface area contributed by atoms with E-state index in [0.29, 0.717) is 24.3 Å². The van der Waals surface area contributed by atoms with Gasteiger partial charge in [0.25, 0.3) is 0 Å². The Morgan fingerprint density at radius 1 is 0.690 bits per heavy atom. The number of hydrogen-bond donors (Lipinski definition) is 1. The maximum atomic E-state index is 13.9. The first-order valence-corrected chi connectivity index (χ1v) is 6.91. The highest BCUT2D eigenvalue weighted by Gasteiger charge is 2.97. The molecule has 0 saturated heterocycles. The van der Waals surface area contributed by atoms with Crippen molar-refractivity contribution in [1.29, 1.82) is 0 Å². The van der Waals surface area contributed by atoms with Crippen LogP contribution < -0.4 is 0 Å². The molecule has 0 aromatic heterocycles. The zero-order valence-electron chi connectivity index (χ0n) is 13.3. The van der Waals surface area contributed by atoms with Gasteiger partial charge in [-0.05, 0) is 17.7 Å². The fourth-order valence-corrected chi connectivity index (χ4v) is 2.42. The number of carboxylic acid groups (broad SMARTS) is 1. The number of benzene rings is 1. The molecule has 0 aliphatic carbocycles. The molecule has 1 N–H and O–H groups in total. The molecular formula is C14H7F13O2. The largest absolute Gasteiger partial charge is 0.478 e. The Labute approximate surface area is 151 Å². The zero-order valence-corrected chi connectivity index (χ0v) is 13.3. The van der Waals surface area contributed by atoms with Crippen LogP contribution in [0.2, 0.25) is 0 Å². The molecule has 1 rings (SSSR count). The number of carbonyl (C=O) groups is 1. The van der Waals surface area contributed by atoms with Crippen molar-refractivity contribution < 1.29 is 67.0 Å². The molecule has 0 atom stereocenters. The van der Waals surface area contributed by atoms with E-state index in [1.54, 1.807) is 0 Å². The van der Waals surface area contributed by atoms with Crippen LogP contribution in [-0.2, 0) is 6.42 Å². The van der Waals surface area contributed by atoms with Crippen molar-refractivity contribution in [1.82, 2.24) is 0 Å². The summed E-state index contributed by atoms with van der Waals surface area (Å²) in [6, 6.07) is 1.61. The van der Waals surface area contributed by atoms with E-state index in [1.165, 1.54) is 0 Å². The van der Waals surface area contributed by atoms with Gasteiger partial charge in [-0.2, -0.15) is 57.1 Å². The molecule has 29 heavy (non-hydrogen) atoms. The minimum atomic E-state index is -8.06. The summed E-state index contributed by atoms with van der Waals surface area (Å²) in [5.74, 6) is -15.9. The third-order valence-corrected chi connectivity index (χ3v) is 3.83. The summed E-state index contributed by atoms with van der Waals surface area (Å²) in [6.45, 7) is 0. The highest BCUT2D eigenvalue weighted by molar-refractivity contribution is 5.87. The molecular weight excluding hydrogens is 447 g/mol. The van der Waals surface area contributed by atoms with Crippen molar-refractivity contribution in [2.24, 2.45) is 5.41 Å². The van der Waals surface area contributed by atoms with Gasteiger partial charge >= 0.3 is 41.8 Å². The second kappa shape index (κ2) is 6.93. The standard InChI is InChI=1S/C14H7F13O2/c15-9(16,5-6-1-3-7(4-2-6)8(28)29)11(17,18)10(12(19,20)21,13(22,23)24)14(25,26)27/h1-4H,5H2,(H,28,29). The summed E-state index contributed by atoms with van der Waals surface area (Å²) in [4.78, 5) is 10.6. The molecule has 0 radical (unpaired) electrons. The number of hydrogen-bond acceptors (Lipinski definition) is 1. The summed E-state index contributed by atoms with van der Waals surface area (Å²) in [6.07, 6.45) is -26.4. The molecule has 0 bridgehead atoms. The number of alkyl halides is 13. The van der Waals surface area contributed by atoms with Gasteiger partial charge in [0.2, 0.25) is 0 Å². The summed E-state index contributed by atoms with van der Waals surface area (Å²) >= 11 is 0. The third-order valence-electron chi connectivity index (χ3n) is 3.83. The van der Waals surface area contributed by atoms with E-state index in [-0.39, 0.29) is 0 Å². The Balaban J connectivity index is 3.65. The lowest BCUT2D eigenvalue weighted by Crippen LogP contribution is -2.73. The molecule has 0 aliphatic heterocycles. The topological polar surface area (TPSA) is 37.3 Å². The van der Waals surface area contributed by atoms with E-state index in [0.717, 1.165) is 0 Å². The van der Waals surface area contributed by atoms with Crippen LogP contribution >= 0.6 is 0 Å². The average Bonchev–Trinajstić information content (AvgIpc) is 2.42. The maximum Gasteiger partial charge on any atom is 0.418 e. The highest BCUT2D eigenvalue weighted by Crippen LogP contribution is 2.69. The molecule has 0 saturated carbocycles. The molecule has 166 valence electrons. The zero-order chi connectivity index (χ0) is 23.3. The van der Waals surface area contributed by atoms with Gasteiger partial charge in [0.15, 0.2) is 0 Å². The van der Waals surface area contributed by atoms with Crippen molar-refractivity contribution >= 4 is 5.97 Å². The molecule has 0 heterocycles. The predicted octanol–water partition coefficient (Wildman–Crippen LogP) is 5.87. The molecule has 1 aromatic carbocycles. The number of carboxylic acids is 1. The number of halogens is 13. The Morgan fingerprint density at radius 2 is 1.03 bits per heavy atom. The monoisotopic (exact) mass is 454 g/mol. The van der Waals surface area contributed by atoms with Gasteiger partial charge in [0.1, 0.15) is 0 Å². The maximum absolute atomic E-state index is 13.9. The minimum Gasteiger partial charge on any atom is -0.478 e. The molecule has 0 aliphatic rings. The van der Waals surface area contributed by atoms with E-state index in [4.69, 9.17) is 5.11 Å². The fourth-order valence-electron chi connectivity index (χ4n) is 2.42. The third kappa shape index (κ3) is 3.82. The van der Waals surface area contributed by atoms with E-state index >= 15 is 0 Å². The average molecular weight is 454 g/mol. The van der Waals surface area contributed by atoms with E-state index < -0.39 is 59.3 Å². The molecule has 0 fully saturated rings. The first-order valence-electron chi connectivity index (χ1n) is 6.91. The first-order chi connectivity index (χ1) is 12.6. The van der Waals surface area contributed by atoms with Crippen molar-refractivity contribution in [3.05, 3.63) is 35.4 Å². The van der Waals surface area contributed by atoms with Crippen molar-refractivity contribution in [3.63, 3.8) is 0 Å². The SMILES string of the molecule is O=C(O)c1ccc(CC(F)(F)C(F)(F)C(C(F)(F)F)(C(F)(F)F)C(F)(F)F)cc1. The molecule has 0 amide bonds. The highest BCUT2D eigenvalue weighted by atomic mass is 19.4. The van der Waals surface area contributed by atoms with Crippen molar-refractivity contribution in [3.8, 4) is 0 Å². The van der Waals surface area contributed by atoms with E-state index in [2.05, 4.69) is 0 Å². The Hall–Kier alpha value is -2.22. The predicted molar refractivity (Wildman–Crippen MR) is 67.6 cm³/mol. The van der Waals surface area contributed by atoms with Crippen molar-refractivity contribution in [2.45, 2.75) is 36.8 Å². The van der Waals surface area contributed by atoms with Gasteiger partial charge in [-0.25, -0.2) is 4.79 Å². The van der Waals surface area contributed by atoms with Crippen molar-refractivity contribution in [2.75, 3.05) is 0 Å². The molecule has 0 unspecified atom stereocenters. The van der Waals surface area contributed by atoms with Crippen LogP contribution in [0.4, 0.5) is 57.1 Å². The van der Waals surface area contributed by atoms with Crippen LogP contribution in [0.1, 0.15) is 15.9 Å². The van der Waals surface area contributed by atoms with Crippen LogP contribution in [0.5, 0.6) is 0 Å². The van der Waals surface area contributed by atoms with E-state index in [1.807, 2.05) is 0 Å². The molecule has 1 aromatic rings. The minimum absolute atomic E-state index is 0.323. The van der Waals surface area contributed by atoms with Gasteiger partial charge in [0, 0.05) is 6.42 Å². The lowest BCUT2D eigenvalue weighted by molar-refractivity contribution is -0.496. The van der Waals surface area contributed by atoms with Crippen LogP contribution in [0.15, 0.2) is 24.3 Å². The van der Waals surface area contributed by atoms with Crippen LogP contribution in [-0.4, -0.2) is 41.4 Å². The van der Waals surface area contributed by atoms with Gasteiger partial charge in [0.05, 0.1) is 5.56 Å². The van der Waals surface area contributed by atoms with Crippen LogP contribution in [0.3, 0.4) is 0 Å². The van der Waals surface area contributed by atoms with Gasteiger partial charge in [-0.3, -0.25) is 0 Å². The Bertz CT molecular complexity index is 705. The van der Waals surface area contributed by atoms with E-state index in [9.17, 15) is 61.9 Å². The molecule has 0 spiro atoms. The molecule has 2 nitrogen and oxygen atoms in total. The second-order valence-electron chi connectivity index (χ2n) is 5.70. The summed E-state index contributed by atoms with van der Waals surface area (Å²) < 4.78 is 170. The Morgan fingerprint density at radius 3 is 1.31 bits per heavy atom. The summed E-state index contributed by atoms with van der Waals surface area (Å²) in [7, 11) is 0. The lowest BCUT2D eigenvalue weighted by Gasteiger charge is -2.45. The van der Waals surface area contributed by atoms with Crippen LogP contribution in [0, 0.1) is 5.41 Å². The molecule has 15 heteroatoms. The summed E-state index contributed by atoms with van der Waals surface area (Å²) in [5, 5.41) is 8.57. The second-order valence-corrected chi connectivity index (χ2v) is 5.70.